The van der Waals surface area contributed by atoms with E-state index in [1.54, 1.807) is 0 Å². The van der Waals surface area contributed by atoms with Gasteiger partial charge in [0, 0.05) is 38.1 Å². The van der Waals surface area contributed by atoms with Crippen molar-refractivity contribution in [2.75, 3.05) is 26.2 Å². The molecule has 1 saturated heterocycles. The van der Waals surface area contributed by atoms with Gasteiger partial charge in [0.25, 0.3) is 0 Å². The van der Waals surface area contributed by atoms with Crippen LogP contribution in [-0.4, -0.2) is 54.2 Å². The van der Waals surface area contributed by atoms with Crippen LogP contribution in [-0.2, 0) is 4.79 Å². The number of aliphatic hydroxyl groups excluding tert-OH is 1. The van der Waals surface area contributed by atoms with Crippen molar-refractivity contribution in [3.05, 3.63) is 0 Å². The van der Waals surface area contributed by atoms with Crippen LogP contribution in [0.5, 0.6) is 0 Å². The summed E-state index contributed by atoms with van der Waals surface area (Å²) < 4.78 is 0. The molecule has 112 valence electrons. The van der Waals surface area contributed by atoms with Crippen LogP contribution in [0.2, 0.25) is 0 Å². The number of likely N-dealkylation sites (tertiary alicyclic amines) is 1. The molecule has 1 fully saturated rings. The molecular formula is C14H29N3O2. The van der Waals surface area contributed by atoms with Gasteiger partial charge in [-0.25, -0.2) is 0 Å². The fourth-order valence-electron chi connectivity index (χ4n) is 2.68. The smallest absolute Gasteiger partial charge is 0.222 e. The summed E-state index contributed by atoms with van der Waals surface area (Å²) in [6, 6.07) is 0.126. The van der Waals surface area contributed by atoms with E-state index in [-0.39, 0.29) is 29.9 Å². The Morgan fingerprint density at radius 3 is 2.68 bits per heavy atom. The third kappa shape index (κ3) is 5.09. The highest BCUT2D eigenvalue weighted by atomic mass is 16.3. The summed E-state index contributed by atoms with van der Waals surface area (Å²) in [5.41, 5.74) is 5.62. The van der Waals surface area contributed by atoms with Gasteiger partial charge in [0.15, 0.2) is 0 Å². The fraction of sp³-hybridized carbons (Fsp3) is 0.929. The zero-order valence-corrected chi connectivity index (χ0v) is 12.4. The topological polar surface area (TPSA) is 78.6 Å². The number of rotatable bonds is 6. The van der Waals surface area contributed by atoms with Gasteiger partial charge in [-0.2, -0.15) is 0 Å². The van der Waals surface area contributed by atoms with Crippen LogP contribution in [0, 0.1) is 11.8 Å². The Labute approximate surface area is 116 Å². The van der Waals surface area contributed by atoms with Crippen molar-refractivity contribution in [1.82, 2.24) is 10.2 Å². The predicted octanol–water partition coefficient (Wildman–Crippen LogP) is 0.179. The Bertz CT molecular complexity index is 284. The van der Waals surface area contributed by atoms with Crippen molar-refractivity contribution in [2.45, 2.75) is 45.8 Å². The maximum Gasteiger partial charge on any atom is 0.222 e. The second kappa shape index (κ2) is 7.82. The molecule has 1 aliphatic heterocycles. The lowest BCUT2D eigenvalue weighted by Gasteiger charge is -2.39. The van der Waals surface area contributed by atoms with E-state index in [0.717, 1.165) is 32.5 Å². The molecule has 5 heteroatoms. The van der Waals surface area contributed by atoms with Crippen molar-refractivity contribution in [1.29, 1.82) is 0 Å². The van der Waals surface area contributed by atoms with E-state index in [1.165, 1.54) is 0 Å². The lowest BCUT2D eigenvalue weighted by atomic mass is 9.88. The minimum Gasteiger partial charge on any atom is -0.393 e. The summed E-state index contributed by atoms with van der Waals surface area (Å²) in [5, 5.41) is 13.1. The van der Waals surface area contributed by atoms with Gasteiger partial charge in [-0.15, -0.1) is 0 Å². The fourth-order valence-corrected chi connectivity index (χ4v) is 2.68. The molecule has 0 saturated carbocycles. The molecule has 19 heavy (non-hydrogen) atoms. The molecule has 0 spiro atoms. The Morgan fingerprint density at radius 1 is 1.47 bits per heavy atom. The van der Waals surface area contributed by atoms with Crippen molar-refractivity contribution >= 4 is 5.91 Å². The summed E-state index contributed by atoms with van der Waals surface area (Å²) in [5.74, 6) is 0.312. The molecule has 0 radical (unpaired) electrons. The number of nitrogens with one attached hydrogen (secondary N) is 1. The van der Waals surface area contributed by atoms with Gasteiger partial charge in [0.2, 0.25) is 5.91 Å². The zero-order chi connectivity index (χ0) is 14.4. The van der Waals surface area contributed by atoms with Gasteiger partial charge in [-0.1, -0.05) is 20.8 Å². The molecule has 5 nitrogen and oxygen atoms in total. The maximum absolute atomic E-state index is 11.8. The second-order valence-corrected chi connectivity index (χ2v) is 5.88. The molecule has 0 aromatic heterocycles. The number of aliphatic hydroxyl groups is 1. The molecule has 4 N–H and O–H groups in total. The molecule has 0 bridgehead atoms. The van der Waals surface area contributed by atoms with Crippen molar-refractivity contribution < 1.29 is 9.90 Å². The number of hydrogen-bond donors (Lipinski definition) is 3. The third-order valence-corrected chi connectivity index (χ3v) is 3.84. The second-order valence-electron chi connectivity index (χ2n) is 5.88. The number of carbonyl (C=O) groups excluding carboxylic acids is 1. The van der Waals surface area contributed by atoms with Crippen molar-refractivity contribution in [2.24, 2.45) is 17.6 Å². The average molecular weight is 271 g/mol. The molecule has 3 atom stereocenters. The average Bonchev–Trinajstić information content (AvgIpc) is 2.37. The van der Waals surface area contributed by atoms with E-state index in [2.05, 4.69) is 10.2 Å². The van der Waals surface area contributed by atoms with Crippen LogP contribution in [0.15, 0.2) is 0 Å². The molecular weight excluding hydrogens is 242 g/mol. The summed E-state index contributed by atoms with van der Waals surface area (Å²) in [4.78, 5) is 14.1. The highest BCUT2D eigenvalue weighted by Crippen LogP contribution is 2.22. The first-order valence-electron chi connectivity index (χ1n) is 7.38. The molecule has 1 amide bonds. The minimum atomic E-state index is -0.293. The number of piperidine rings is 1. The molecule has 0 aromatic carbocycles. The van der Waals surface area contributed by atoms with E-state index >= 15 is 0 Å². The van der Waals surface area contributed by atoms with E-state index in [4.69, 9.17) is 5.73 Å². The molecule has 1 rings (SSSR count). The minimum absolute atomic E-state index is 0.000524. The highest BCUT2D eigenvalue weighted by Gasteiger charge is 2.31. The first kappa shape index (κ1) is 16.4. The summed E-state index contributed by atoms with van der Waals surface area (Å²) in [6.07, 6.45) is 1.32. The highest BCUT2D eigenvalue weighted by molar-refractivity contribution is 5.78. The number of carbonyl (C=O) groups is 1. The van der Waals surface area contributed by atoms with Crippen LogP contribution in [0.25, 0.3) is 0 Å². The lowest BCUT2D eigenvalue weighted by Crippen LogP contribution is -2.54. The summed E-state index contributed by atoms with van der Waals surface area (Å²) >= 11 is 0. The number of amides is 1. The Hall–Kier alpha value is -0.650. The molecule has 3 unspecified atom stereocenters. The first-order chi connectivity index (χ1) is 8.97. The van der Waals surface area contributed by atoms with Crippen molar-refractivity contribution in [3.63, 3.8) is 0 Å². The number of nitrogens with zero attached hydrogens (tertiary/aromatic N) is 1. The Morgan fingerprint density at radius 2 is 2.16 bits per heavy atom. The van der Waals surface area contributed by atoms with E-state index < -0.39 is 0 Å². The van der Waals surface area contributed by atoms with Crippen LogP contribution in [0.4, 0.5) is 0 Å². The monoisotopic (exact) mass is 271 g/mol. The first-order valence-corrected chi connectivity index (χ1v) is 7.38. The van der Waals surface area contributed by atoms with Gasteiger partial charge < -0.3 is 16.2 Å². The summed E-state index contributed by atoms with van der Waals surface area (Å²) in [6.45, 7) is 8.93. The standard InChI is InChI=1S/C14H29N3O2/c1-4-13(18)11-7-12(16-14(19)10(2)3)9-17(8-11)6-5-15/h10-13,18H,4-9,15H2,1-3H3,(H,16,19). The third-order valence-electron chi connectivity index (χ3n) is 3.84. The van der Waals surface area contributed by atoms with E-state index in [9.17, 15) is 9.90 Å². The molecule has 1 heterocycles. The summed E-state index contributed by atoms with van der Waals surface area (Å²) in [7, 11) is 0. The maximum atomic E-state index is 11.8. The van der Waals surface area contributed by atoms with Gasteiger partial charge in [0.05, 0.1) is 6.10 Å². The van der Waals surface area contributed by atoms with Crippen LogP contribution < -0.4 is 11.1 Å². The quantitative estimate of drug-likeness (QED) is 0.644. The van der Waals surface area contributed by atoms with E-state index in [0.29, 0.717) is 6.54 Å². The van der Waals surface area contributed by atoms with Crippen molar-refractivity contribution in [3.8, 4) is 0 Å². The Kier molecular flexibility index (Phi) is 6.75. The van der Waals surface area contributed by atoms with Crippen LogP contribution >= 0.6 is 0 Å². The molecule has 0 aliphatic carbocycles. The SMILES string of the molecule is CCC(O)C1CC(NC(=O)C(C)C)CN(CCN)C1. The molecule has 1 aliphatic rings. The van der Waals surface area contributed by atoms with Crippen LogP contribution in [0.3, 0.4) is 0 Å². The normalized spacial score (nSPS) is 26.4. The largest absolute Gasteiger partial charge is 0.393 e. The zero-order valence-electron chi connectivity index (χ0n) is 12.4. The van der Waals surface area contributed by atoms with Gasteiger partial charge in [-0.05, 0) is 18.8 Å². The number of nitrogens with two attached hydrogens (primary N) is 1. The van der Waals surface area contributed by atoms with Gasteiger partial charge >= 0.3 is 0 Å². The van der Waals surface area contributed by atoms with Gasteiger partial charge in [-0.3, -0.25) is 9.69 Å². The number of hydrogen-bond acceptors (Lipinski definition) is 4. The van der Waals surface area contributed by atoms with E-state index in [1.807, 2.05) is 20.8 Å². The van der Waals surface area contributed by atoms with Crippen LogP contribution in [0.1, 0.15) is 33.6 Å². The predicted molar refractivity (Wildman–Crippen MR) is 76.7 cm³/mol. The van der Waals surface area contributed by atoms with Gasteiger partial charge in [0.1, 0.15) is 0 Å². The molecule has 0 aromatic rings. The lowest BCUT2D eigenvalue weighted by molar-refractivity contribution is -0.125. The Balaban J connectivity index is 2.61.